The molecule has 0 aromatic carbocycles. The predicted octanol–water partition coefficient (Wildman–Crippen LogP) is 15.6. The van der Waals surface area contributed by atoms with Crippen LogP contribution >= 0.6 is 0 Å². The van der Waals surface area contributed by atoms with Gasteiger partial charge in [-0.1, -0.05) is 153 Å². The van der Waals surface area contributed by atoms with Crippen LogP contribution in [-0.4, -0.2) is 303 Å². The van der Waals surface area contributed by atoms with E-state index in [1.807, 2.05) is 41.0 Å². The van der Waals surface area contributed by atoms with Gasteiger partial charge in [0.1, 0.15) is 53.6 Å². The Balaban J connectivity index is -0.0000000662. The van der Waals surface area contributed by atoms with Gasteiger partial charge in [0, 0.05) is 118 Å². The average molecular weight is 1590 g/mol. The zero-order valence-electron chi connectivity index (χ0n) is 50.6. The van der Waals surface area contributed by atoms with Gasteiger partial charge in [0.25, 0.3) is 11.8 Å². The molecule has 0 bridgehead atoms. The van der Waals surface area contributed by atoms with Gasteiger partial charge >= 0.3 is 6.16 Å². The first-order valence-corrected chi connectivity index (χ1v) is 27.9. The Hall–Kier alpha value is -4.19. The van der Waals surface area contributed by atoms with Crippen LogP contribution in [0.4, 0.5) is 41.0 Å². The maximum atomic E-state index is 12.6. The number of rotatable bonds is 58. The molecule has 0 aromatic rings. The highest BCUT2D eigenvalue weighted by Crippen LogP contribution is 2.13. The largest absolute Gasteiger partial charge is 0.533 e. The number of ether oxygens (including phenoxy) is 5. The Kier molecular flexibility index (Phi) is 219. The summed E-state index contributed by atoms with van der Waals surface area (Å²) in [4.78, 5) is 112. The van der Waals surface area contributed by atoms with E-state index in [1.165, 1.54) is 0 Å². The zero-order valence-corrected chi connectivity index (χ0v) is 50.6. The minimum absolute atomic E-state index is 0. The first kappa shape index (κ1) is 166. The summed E-state index contributed by atoms with van der Waals surface area (Å²) in [6, 6.07) is 0. The van der Waals surface area contributed by atoms with Crippen molar-refractivity contribution in [1.29, 1.82) is 0 Å². The number of amides is 2. The summed E-state index contributed by atoms with van der Waals surface area (Å²) in [7, 11) is 0. The lowest BCUT2D eigenvalue weighted by Gasteiger charge is -2.36. The number of nitrogens with zero attached hydrogens (tertiary/aromatic N) is 7. The molecule has 0 radical (unpaired) electrons. The highest BCUT2D eigenvalue weighted by atomic mass is 19.3. The predicted molar refractivity (Wildman–Crippen MR) is 415 cm³/mol. The lowest BCUT2D eigenvalue weighted by molar-refractivity contribution is -0.177. The van der Waals surface area contributed by atoms with Gasteiger partial charge in [0.2, 0.25) is 0 Å². The Morgan fingerprint density at radius 2 is 0.524 bits per heavy atom. The standard InChI is InChI=1S/C37H74F8N6O12.C10H15NO5.4CH2O.18CH4/c38-56-21-1-5-46(6-2-22-57-39)9-13-50(14-10-47(7-3-23-58-40)8-4-24-59-41)37-51(15-11-48(17-25-52-29-33-60-42)18-26-53-30-34-61-43)16-12-49(19-27-54-31-35-62-44)20-28-55-32-36-63-45;1-7(2)5-6-15-10(14)16-11-8(12)3-4-9(11)13;4*1-2;;;;;;;;;;;;;;;;;;/h1-37H2;7H,3-6H2,1-2H3;4*1H2;18*1H4. The van der Waals surface area contributed by atoms with E-state index in [-0.39, 0.29) is 259 Å². The van der Waals surface area contributed by atoms with Crippen molar-refractivity contribution in [3.05, 3.63) is 0 Å². The summed E-state index contributed by atoms with van der Waals surface area (Å²) < 4.78 is 126. The topological polar surface area (TPSA) is 271 Å². The molecule has 28 nitrogen and oxygen atoms in total. The van der Waals surface area contributed by atoms with E-state index in [0.29, 0.717) is 154 Å². The van der Waals surface area contributed by atoms with Crippen molar-refractivity contribution in [3.63, 3.8) is 0 Å². The fraction of sp³-hybridized carbons (Fsp3) is 0.899. The van der Waals surface area contributed by atoms with Gasteiger partial charge < -0.3 is 52.7 Å². The third kappa shape index (κ3) is 116. The number of hydrogen-bond donors (Lipinski definition) is 0. The first-order valence-electron chi connectivity index (χ1n) is 27.9. The van der Waals surface area contributed by atoms with Crippen molar-refractivity contribution in [2.24, 2.45) is 5.92 Å². The van der Waals surface area contributed by atoms with E-state index in [4.69, 9.17) is 42.9 Å². The quantitative estimate of drug-likeness (QED) is 0.0180. The second kappa shape index (κ2) is 139. The molecule has 0 saturated carbocycles. The summed E-state index contributed by atoms with van der Waals surface area (Å²) in [6.07, 6.45) is 1.45. The first-order chi connectivity index (χ1) is 42.5. The van der Waals surface area contributed by atoms with Crippen LogP contribution in [0, 0.1) is 5.92 Å². The monoisotopic (exact) mass is 1580 g/mol. The molecule has 0 aromatic heterocycles. The Morgan fingerprint density at radius 3 is 0.733 bits per heavy atom. The molecule has 1 aliphatic rings. The molecule has 1 saturated heterocycles. The smallest absolute Gasteiger partial charge is 0.433 e. The number of imide groups is 1. The second-order valence-electron chi connectivity index (χ2n) is 18.1. The van der Waals surface area contributed by atoms with Crippen molar-refractivity contribution in [1.82, 2.24) is 34.5 Å². The Morgan fingerprint density at radius 1 is 0.314 bits per heavy atom. The Labute approximate surface area is 637 Å². The molecule has 0 aliphatic carbocycles. The van der Waals surface area contributed by atoms with Gasteiger partial charge in [0.15, 0.2) is 0 Å². The van der Waals surface area contributed by atoms with E-state index in [9.17, 15) is 50.6 Å². The maximum Gasteiger partial charge on any atom is 0.533 e. The lowest BCUT2D eigenvalue weighted by Crippen LogP contribution is -2.49. The van der Waals surface area contributed by atoms with Crippen molar-refractivity contribution < 1.29 is 138 Å². The number of halogens is 8. The van der Waals surface area contributed by atoms with Crippen molar-refractivity contribution >= 4 is 45.1 Å². The molecule has 0 N–H and O–H groups in total. The maximum absolute atomic E-state index is 12.6. The molecule has 1 fully saturated rings. The summed E-state index contributed by atoms with van der Waals surface area (Å²) in [5, 5.41) is 0.470. The molecule has 0 spiro atoms. The van der Waals surface area contributed by atoms with Crippen LogP contribution in [-0.2, 0) is 96.8 Å². The minimum atomic E-state index is -1.01. The van der Waals surface area contributed by atoms with Gasteiger partial charge in [-0.3, -0.25) is 34.0 Å². The molecule has 1 aliphatic heterocycles. The number of hydrogen-bond acceptors (Lipinski definition) is 27. The molecule has 36 heteroatoms. The Bertz CT molecular complexity index is 1340. The summed E-state index contributed by atoms with van der Waals surface area (Å²) in [6.45, 7) is 20.6. The second-order valence-corrected chi connectivity index (χ2v) is 18.1. The lowest BCUT2D eigenvalue weighted by atomic mass is 10.1. The van der Waals surface area contributed by atoms with E-state index >= 15 is 0 Å². The fourth-order valence-electron chi connectivity index (χ4n) is 7.31. The van der Waals surface area contributed by atoms with E-state index in [0.717, 1.165) is 0 Å². The van der Waals surface area contributed by atoms with Gasteiger partial charge in [-0.25, -0.2) is 4.79 Å². The van der Waals surface area contributed by atoms with Crippen LogP contribution in [0.3, 0.4) is 0 Å². The summed E-state index contributed by atoms with van der Waals surface area (Å²) in [5.74, 6) is -0.612. The fourth-order valence-corrected chi connectivity index (χ4v) is 7.31. The van der Waals surface area contributed by atoms with E-state index in [1.54, 1.807) is 0 Å². The highest BCUT2D eigenvalue weighted by molar-refractivity contribution is 6.01. The van der Waals surface area contributed by atoms with Gasteiger partial charge in [0.05, 0.1) is 92.6 Å². The highest BCUT2D eigenvalue weighted by Gasteiger charge is 2.33. The van der Waals surface area contributed by atoms with Gasteiger partial charge in [-0.15, -0.1) is 0 Å². The summed E-state index contributed by atoms with van der Waals surface area (Å²) >= 11 is 0. The molecule has 0 atom stereocenters. The number of carbonyl (C=O) groups excluding carboxylic acids is 7. The normalized spacial score (nSPS) is 9.93. The van der Waals surface area contributed by atoms with E-state index in [2.05, 4.69) is 73.8 Å². The molecule has 0 unspecified atom stereocenters. The van der Waals surface area contributed by atoms with Gasteiger partial charge in [-0.05, 0) is 74.2 Å². The van der Waals surface area contributed by atoms with Crippen LogP contribution in [0.5, 0.6) is 0 Å². The van der Waals surface area contributed by atoms with Crippen LogP contribution in [0.25, 0.3) is 0 Å². The molecule has 662 valence electrons. The third-order valence-corrected chi connectivity index (χ3v) is 11.6. The number of carbonyl (C=O) groups is 7. The molecule has 105 heavy (non-hydrogen) atoms. The summed E-state index contributed by atoms with van der Waals surface area (Å²) in [5.41, 5.74) is 0. The minimum Gasteiger partial charge on any atom is -0.433 e. The van der Waals surface area contributed by atoms with Crippen LogP contribution < -0.4 is 0 Å². The van der Waals surface area contributed by atoms with Crippen molar-refractivity contribution in [3.8, 4) is 0 Å². The molecular formula is C69H169F8N7O21. The average Bonchev–Trinajstić information content (AvgIpc) is 1.76. The molecular weight excluding hydrogens is 1410 g/mol. The van der Waals surface area contributed by atoms with Gasteiger partial charge in [-0.2, -0.15) is 39.5 Å². The van der Waals surface area contributed by atoms with Crippen LogP contribution in [0.2, 0.25) is 0 Å². The van der Waals surface area contributed by atoms with Crippen LogP contribution in [0.1, 0.15) is 192 Å². The zero-order chi connectivity index (χ0) is 66.2. The van der Waals surface area contributed by atoms with E-state index < -0.39 is 18.0 Å². The molecule has 1 heterocycles. The van der Waals surface area contributed by atoms with Crippen LogP contribution in [0.15, 0.2) is 0 Å². The molecule has 1 rings (SSSR count). The van der Waals surface area contributed by atoms with Crippen molar-refractivity contribution in [2.45, 2.75) is 192 Å². The molecule has 2 amide bonds. The SMILES string of the molecule is C.C.C.C.C.C.C.C.C.C.C.C.C.C.C.C.C.C.C=O.C=O.C=O.C=O.CC(C)CCOC(=O)ON1C(=O)CCC1=O.FOCCCN(CCCOF)CCN(CCN(CCCOF)CCCOF)CN(CCN(CCOCCOF)CCOCCOF)CCN(CCOCCOF)CCOCCOF. The third-order valence-electron chi connectivity index (χ3n) is 11.6. The number of hydroxylamine groups is 2. The van der Waals surface area contributed by atoms with Crippen molar-refractivity contribution in [2.75, 3.05) is 224 Å².